The van der Waals surface area contributed by atoms with Crippen LogP contribution in [-0.4, -0.2) is 24.6 Å². The van der Waals surface area contributed by atoms with Gasteiger partial charge in [0.05, 0.1) is 0 Å². The third-order valence-electron chi connectivity index (χ3n) is 3.62. The zero-order valence-electron chi connectivity index (χ0n) is 10.5. The summed E-state index contributed by atoms with van der Waals surface area (Å²) < 4.78 is 5.30. The molecule has 0 radical (unpaired) electrons. The van der Waals surface area contributed by atoms with Gasteiger partial charge in [0, 0.05) is 6.54 Å². The van der Waals surface area contributed by atoms with Gasteiger partial charge in [0.1, 0.15) is 5.52 Å². The molecule has 1 aliphatic heterocycles. The summed E-state index contributed by atoms with van der Waals surface area (Å²) in [5.74, 6) is 0.856. The number of hydrogen-bond acceptors (Lipinski definition) is 4. The molecule has 1 unspecified atom stereocenters. The van der Waals surface area contributed by atoms with Crippen LogP contribution in [0.25, 0.3) is 11.1 Å². The van der Waals surface area contributed by atoms with Crippen molar-refractivity contribution in [3.8, 4) is 0 Å². The molecule has 1 fully saturated rings. The van der Waals surface area contributed by atoms with E-state index in [0.29, 0.717) is 0 Å². The van der Waals surface area contributed by atoms with Crippen LogP contribution in [0, 0.1) is 5.92 Å². The Morgan fingerprint density at radius 2 is 2.44 bits per heavy atom. The molecular formula is C14H19N3O. The molecule has 1 aliphatic rings. The van der Waals surface area contributed by atoms with E-state index >= 15 is 0 Å². The molecule has 1 atom stereocenters. The summed E-state index contributed by atoms with van der Waals surface area (Å²) >= 11 is 0. The summed E-state index contributed by atoms with van der Waals surface area (Å²) in [6.45, 7) is 4.36. The standard InChI is InChI=1S/C14H19N3O/c1-2-13-14(18-10-17-13)7-12(1)9-16-6-4-11-3-5-15-8-11/h1-2,7,10-11,15-16H,3-6,8-9H2. The zero-order chi connectivity index (χ0) is 12.2. The first-order valence-corrected chi connectivity index (χ1v) is 6.65. The number of aromatic nitrogens is 1. The maximum Gasteiger partial charge on any atom is 0.181 e. The molecule has 96 valence electrons. The Morgan fingerprint density at radius 3 is 3.33 bits per heavy atom. The Hall–Kier alpha value is -1.39. The highest BCUT2D eigenvalue weighted by molar-refractivity contribution is 5.72. The first-order chi connectivity index (χ1) is 8.92. The molecule has 0 aliphatic carbocycles. The topological polar surface area (TPSA) is 50.1 Å². The van der Waals surface area contributed by atoms with Crippen molar-refractivity contribution in [2.75, 3.05) is 19.6 Å². The molecule has 0 spiro atoms. The SMILES string of the molecule is c1nc2ccc(CNCCC3CCNC3)cc2o1. The third-order valence-corrected chi connectivity index (χ3v) is 3.62. The smallest absolute Gasteiger partial charge is 0.181 e. The second kappa shape index (κ2) is 5.50. The Balaban J connectivity index is 1.47. The summed E-state index contributed by atoms with van der Waals surface area (Å²) in [5, 5.41) is 6.90. The lowest BCUT2D eigenvalue weighted by Gasteiger charge is -2.09. The number of benzene rings is 1. The van der Waals surface area contributed by atoms with Crippen LogP contribution < -0.4 is 10.6 Å². The van der Waals surface area contributed by atoms with Crippen LogP contribution in [0.4, 0.5) is 0 Å². The Kier molecular flexibility index (Phi) is 3.57. The Bertz CT molecular complexity index is 502. The van der Waals surface area contributed by atoms with Crippen molar-refractivity contribution in [1.82, 2.24) is 15.6 Å². The molecule has 0 bridgehead atoms. The van der Waals surface area contributed by atoms with E-state index in [1.54, 1.807) is 0 Å². The van der Waals surface area contributed by atoms with Gasteiger partial charge in [-0.2, -0.15) is 0 Å². The minimum Gasteiger partial charge on any atom is -0.443 e. The van der Waals surface area contributed by atoms with Crippen molar-refractivity contribution in [3.05, 3.63) is 30.2 Å². The van der Waals surface area contributed by atoms with Crippen molar-refractivity contribution in [2.24, 2.45) is 5.92 Å². The number of oxazole rings is 1. The second-order valence-corrected chi connectivity index (χ2v) is 4.98. The summed E-state index contributed by atoms with van der Waals surface area (Å²) in [6.07, 6.45) is 4.08. The predicted molar refractivity (Wildman–Crippen MR) is 71.3 cm³/mol. The van der Waals surface area contributed by atoms with E-state index in [1.807, 2.05) is 6.07 Å². The average molecular weight is 245 g/mol. The lowest BCUT2D eigenvalue weighted by molar-refractivity contribution is 0.500. The van der Waals surface area contributed by atoms with Gasteiger partial charge in [-0.05, 0) is 56.1 Å². The first-order valence-electron chi connectivity index (χ1n) is 6.65. The van der Waals surface area contributed by atoms with Gasteiger partial charge in [-0.3, -0.25) is 0 Å². The number of rotatable bonds is 5. The molecule has 3 rings (SSSR count). The molecule has 1 aromatic heterocycles. The molecule has 2 heterocycles. The average Bonchev–Trinajstić information content (AvgIpc) is 3.05. The molecule has 4 nitrogen and oxygen atoms in total. The summed E-state index contributed by atoms with van der Waals surface area (Å²) in [7, 11) is 0. The van der Waals surface area contributed by atoms with E-state index < -0.39 is 0 Å². The lowest BCUT2D eigenvalue weighted by atomic mass is 10.1. The summed E-state index contributed by atoms with van der Waals surface area (Å²) in [6, 6.07) is 6.18. The van der Waals surface area contributed by atoms with E-state index in [1.165, 1.54) is 37.9 Å². The molecule has 4 heteroatoms. The van der Waals surface area contributed by atoms with E-state index in [-0.39, 0.29) is 0 Å². The maximum absolute atomic E-state index is 5.30. The van der Waals surface area contributed by atoms with Crippen LogP contribution in [0.2, 0.25) is 0 Å². The summed E-state index contributed by atoms with van der Waals surface area (Å²) in [5.41, 5.74) is 3.05. The van der Waals surface area contributed by atoms with Gasteiger partial charge < -0.3 is 15.1 Å². The van der Waals surface area contributed by atoms with Gasteiger partial charge >= 0.3 is 0 Å². The number of nitrogens with one attached hydrogen (secondary N) is 2. The summed E-state index contributed by atoms with van der Waals surface area (Å²) in [4.78, 5) is 4.11. The molecule has 0 amide bonds. The largest absolute Gasteiger partial charge is 0.443 e. The van der Waals surface area contributed by atoms with Crippen molar-refractivity contribution >= 4 is 11.1 Å². The van der Waals surface area contributed by atoms with Crippen LogP contribution in [-0.2, 0) is 6.54 Å². The number of hydrogen-bond donors (Lipinski definition) is 2. The Labute approximate surface area is 107 Å². The van der Waals surface area contributed by atoms with E-state index in [0.717, 1.165) is 30.1 Å². The number of fused-ring (bicyclic) bond motifs is 1. The first kappa shape index (κ1) is 11.7. The predicted octanol–water partition coefficient (Wildman–Crippen LogP) is 1.92. The van der Waals surface area contributed by atoms with Gasteiger partial charge in [0.25, 0.3) is 0 Å². The highest BCUT2D eigenvalue weighted by Crippen LogP contribution is 2.14. The molecule has 0 saturated carbocycles. The van der Waals surface area contributed by atoms with Crippen LogP contribution in [0.3, 0.4) is 0 Å². The molecule has 1 aromatic carbocycles. The second-order valence-electron chi connectivity index (χ2n) is 4.98. The minimum absolute atomic E-state index is 0.856. The van der Waals surface area contributed by atoms with Crippen molar-refractivity contribution in [3.63, 3.8) is 0 Å². The van der Waals surface area contributed by atoms with Crippen LogP contribution in [0.1, 0.15) is 18.4 Å². The van der Waals surface area contributed by atoms with Gasteiger partial charge in [-0.1, -0.05) is 6.07 Å². The number of nitrogens with zero attached hydrogens (tertiary/aromatic N) is 1. The fraction of sp³-hybridized carbons (Fsp3) is 0.500. The van der Waals surface area contributed by atoms with Crippen molar-refractivity contribution in [1.29, 1.82) is 0 Å². The fourth-order valence-electron chi connectivity index (χ4n) is 2.51. The minimum atomic E-state index is 0.856. The van der Waals surface area contributed by atoms with Crippen molar-refractivity contribution in [2.45, 2.75) is 19.4 Å². The molecule has 18 heavy (non-hydrogen) atoms. The van der Waals surface area contributed by atoms with Crippen molar-refractivity contribution < 1.29 is 4.42 Å². The fourth-order valence-corrected chi connectivity index (χ4v) is 2.51. The monoisotopic (exact) mass is 245 g/mol. The van der Waals surface area contributed by atoms with Gasteiger partial charge in [-0.15, -0.1) is 0 Å². The van der Waals surface area contributed by atoms with Gasteiger partial charge in [-0.25, -0.2) is 4.98 Å². The van der Waals surface area contributed by atoms with E-state index in [9.17, 15) is 0 Å². The van der Waals surface area contributed by atoms with Gasteiger partial charge in [0.15, 0.2) is 12.0 Å². The van der Waals surface area contributed by atoms with Crippen LogP contribution in [0.5, 0.6) is 0 Å². The molecular weight excluding hydrogens is 226 g/mol. The Morgan fingerprint density at radius 1 is 1.44 bits per heavy atom. The molecule has 2 N–H and O–H groups in total. The quantitative estimate of drug-likeness (QED) is 0.790. The highest BCUT2D eigenvalue weighted by Gasteiger charge is 2.13. The van der Waals surface area contributed by atoms with Gasteiger partial charge in [0.2, 0.25) is 0 Å². The van der Waals surface area contributed by atoms with E-state index in [4.69, 9.17) is 4.42 Å². The normalized spacial score (nSPS) is 19.7. The lowest BCUT2D eigenvalue weighted by Crippen LogP contribution is -2.19. The molecule has 1 saturated heterocycles. The van der Waals surface area contributed by atoms with E-state index in [2.05, 4.69) is 27.8 Å². The molecule has 2 aromatic rings. The van der Waals surface area contributed by atoms with Crippen LogP contribution in [0.15, 0.2) is 29.0 Å². The third kappa shape index (κ3) is 2.71. The highest BCUT2D eigenvalue weighted by atomic mass is 16.3. The van der Waals surface area contributed by atoms with Crippen LogP contribution >= 0.6 is 0 Å². The zero-order valence-corrected chi connectivity index (χ0v) is 10.5. The maximum atomic E-state index is 5.30.